The van der Waals surface area contributed by atoms with Gasteiger partial charge in [0.25, 0.3) is 0 Å². The fraction of sp³-hybridized carbons (Fsp3) is 0.458. The Morgan fingerprint density at radius 2 is 2.00 bits per heavy atom. The summed E-state index contributed by atoms with van der Waals surface area (Å²) in [4.78, 5) is 21.4. The molecule has 0 unspecified atom stereocenters. The molecule has 1 fully saturated rings. The van der Waals surface area contributed by atoms with Crippen LogP contribution in [0.25, 0.3) is 11.1 Å². The molecule has 1 aliphatic carbocycles. The second-order valence-corrected chi connectivity index (χ2v) is 9.19. The van der Waals surface area contributed by atoms with Crippen molar-refractivity contribution in [1.29, 1.82) is 0 Å². The SMILES string of the molecule is CC(=O)N1CCn2c(C3CC3)nc(N3CCCc4cc(-c5cnn(C(F)F)c5)ccc43)c2C1. The zero-order valence-electron chi connectivity index (χ0n) is 18.5. The minimum Gasteiger partial charge on any atom is -0.335 e. The van der Waals surface area contributed by atoms with Crippen LogP contribution in [0.1, 0.15) is 55.7 Å². The molecule has 2 aliphatic heterocycles. The molecule has 0 atom stereocenters. The maximum absolute atomic E-state index is 12.9. The van der Waals surface area contributed by atoms with Crippen molar-refractivity contribution in [2.24, 2.45) is 0 Å². The Morgan fingerprint density at radius 1 is 1.15 bits per heavy atom. The highest BCUT2D eigenvalue weighted by Crippen LogP contribution is 2.44. The number of aryl methyl sites for hydroxylation is 1. The van der Waals surface area contributed by atoms with Crippen molar-refractivity contribution >= 4 is 17.4 Å². The van der Waals surface area contributed by atoms with Gasteiger partial charge in [-0.05, 0) is 48.9 Å². The average Bonchev–Trinajstić information content (AvgIpc) is 3.40. The minimum absolute atomic E-state index is 0.0920. The average molecular weight is 453 g/mol. The molecule has 6 rings (SSSR count). The van der Waals surface area contributed by atoms with Crippen molar-refractivity contribution in [2.45, 2.75) is 58.2 Å². The van der Waals surface area contributed by atoms with E-state index in [0.29, 0.717) is 22.7 Å². The summed E-state index contributed by atoms with van der Waals surface area (Å²) < 4.78 is 28.9. The highest BCUT2D eigenvalue weighted by atomic mass is 19.3. The summed E-state index contributed by atoms with van der Waals surface area (Å²) in [6, 6.07) is 6.12. The normalized spacial score (nSPS) is 17.9. The molecule has 3 aliphatic rings. The molecular formula is C24H26F2N6O. The standard InChI is InChI=1S/C24H26F2N6O/c1-15(33)29-9-10-31-21(14-29)23(28-22(31)16-4-5-16)30-8-2-3-18-11-17(6-7-20(18)30)19-12-27-32(13-19)24(25)26/h6-7,11-13,16,24H,2-5,8-10,14H2,1H3. The van der Waals surface area contributed by atoms with E-state index < -0.39 is 6.55 Å². The van der Waals surface area contributed by atoms with Gasteiger partial charge in [-0.15, -0.1) is 0 Å². The van der Waals surface area contributed by atoms with Crippen LogP contribution in [0.4, 0.5) is 20.3 Å². The Balaban J connectivity index is 1.38. The predicted molar refractivity (Wildman–Crippen MR) is 120 cm³/mol. The smallest absolute Gasteiger partial charge is 0.333 e. The lowest BCUT2D eigenvalue weighted by Crippen LogP contribution is -2.38. The number of halogens is 2. The quantitative estimate of drug-likeness (QED) is 0.586. The van der Waals surface area contributed by atoms with Gasteiger partial charge in [0, 0.05) is 49.9 Å². The van der Waals surface area contributed by atoms with Crippen LogP contribution in [0.3, 0.4) is 0 Å². The van der Waals surface area contributed by atoms with Crippen molar-refractivity contribution in [2.75, 3.05) is 18.0 Å². The van der Waals surface area contributed by atoms with Crippen molar-refractivity contribution < 1.29 is 13.6 Å². The second kappa shape index (κ2) is 7.67. The summed E-state index contributed by atoms with van der Waals surface area (Å²) in [5.74, 6) is 2.74. The van der Waals surface area contributed by atoms with Crippen LogP contribution >= 0.6 is 0 Å². The number of aromatic nitrogens is 4. The lowest BCUT2D eigenvalue weighted by Gasteiger charge is -2.33. The van der Waals surface area contributed by atoms with Crippen LogP contribution in [0, 0.1) is 0 Å². The molecule has 0 N–H and O–H groups in total. The third-order valence-corrected chi connectivity index (χ3v) is 6.99. The molecule has 0 bridgehead atoms. The van der Waals surface area contributed by atoms with Crippen LogP contribution in [-0.2, 0) is 24.3 Å². The molecule has 1 saturated carbocycles. The molecule has 0 spiro atoms. The first kappa shape index (κ1) is 20.4. The van der Waals surface area contributed by atoms with Gasteiger partial charge in [0.15, 0.2) is 5.82 Å². The third-order valence-electron chi connectivity index (χ3n) is 6.99. The Labute approximate surface area is 190 Å². The molecule has 3 aromatic rings. The highest BCUT2D eigenvalue weighted by molar-refractivity contribution is 5.75. The summed E-state index contributed by atoms with van der Waals surface area (Å²) in [6.07, 6.45) is 7.13. The lowest BCUT2D eigenvalue weighted by molar-refractivity contribution is -0.130. The Bertz CT molecular complexity index is 1230. The number of amides is 1. The number of fused-ring (bicyclic) bond motifs is 2. The summed E-state index contributed by atoms with van der Waals surface area (Å²) in [5.41, 5.74) is 4.97. The number of rotatable bonds is 4. The zero-order chi connectivity index (χ0) is 22.7. The van der Waals surface area contributed by atoms with E-state index in [1.165, 1.54) is 30.8 Å². The van der Waals surface area contributed by atoms with Gasteiger partial charge in [-0.25, -0.2) is 9.67 Å². The van der Waals surface area contributed by atoms with Crippen LogP contribution in [0.5, 0.6) is 0 Å². The molecule has 0 radical (unpaired) electrons. The highest BCUT2D eigenvalue weighted by Gasteiger charge is 2.36. The lowest BCUT2D eigenvalue weighted by atomic mass is 9.97. The monoisotopic (exact) mass is 452 g/mol. The number of carbonyl (C=O) groups excluding carboxylic acids is 1. The minimum atomic E-state index is -2.64. The van der Waals surface area contributed by atoms with Gasteiger partial charge in [0.1, 0.15) is 5.82 Å². The maximum atomic E-state index is 12.9. The molecule has 4 heterocycles. The molecule has 172 valence electrons. The first-order valence-corrected chi connectivity index (χ1v) is 11.6. The predicted octanol–water partition coefficient (Wildman–Crippen LogP) is 4.47. The Kier molecular flexibility index (Phi) is 4.74. The van der Waals surface area contributed by atoms with Crippen LogP contribution < -0.4 is 4.90 Å². The molecule has 0 saturated heterocycles. The van der Waals surface area contributed by atoms with Gasteiger partial charge >= 0.3 is 6.55 Å². The van der Waals surface area contributed by atoms with Gasteiger partial charge in [-0.3, -0.25) is 4.79 Å². The van der Waals surface area contributed by atoms with Gasteiger partial charge in [-0.2, -0.15) is 13.9 Å². The Morgan fingerprint density at radius 3 is 2.73 bits per heavy atom. The number of imidazole rings is 1. The molecular weight excluding hydrogens is 426 g/mol. The van der Waals surface area contributed by atoms with Crippen LogP contribution in [0.15, 0.2) is 30.6 Å². The number of hydrogen-bond acceptors (Lipinski definition) is 4. The first-order chi connectivity index (χ1) is 16.0. The first-order valence-electron chi connectivity index (χ1n) is 11.6. The molecule has 1 aromatic carbocycles. The summed E-state index contributed by atoms with van der Waals surface area (Å²) in [5, 5.41) is 3.77. The van der Waals surface area contributed by atoms with E-state index in [1.807, 2.05) is 11.0 Å². The fourth-order valence-corrected chi connectivity index (χ4v) is 5.11. The van der Waals surface area contributed by atoms with E-state index in [-0.39, 0.29) is 5.91 Å². The van der Waals surface area contributed by atoms with Crippen molar-refractivity contribution in [3.8, 4) is 11.1 Å². The number of carbonyl (C=O) groups is 1. The van der Waals surface area contributed by atoms with E-state index in [0.717, 1.165) is 61.1 Å². The van der Waals surface area contributed by atoms with Crippen LogP contribution in [-0.4, -0.2) is 43.2 Å². The maximum Gasteiger partial charge on any atom is 0.333 e. The number of alkyl halides is 2. The van der Waals surface area contributed by atoms with Gasteiger partial charge in [0.05, 0.1) is 18.4 Å². The number of hydrogen-bond donors (Lipinski definition) is 0. The van der Waals surface area contributed by atoms with E-state index in [9.17, 15) is 13.6 Å². The third kappa shape index (κ3) is 3.50. The number of benzene rings is 1. The topological polar surface area (TPSA) is 59.2 Å². The molecule has 33 heavy (non-hydrogen) atoms. The van der Waals surface area contributed by atoms with Gasteiger partial charge in [0.2, 0.25) is 5.91 Å². The van der Waals surface area contributed by atoms with E-state index in [2.05, 4.69) is 26.7 Å². The molecule has 2 aromatic heterocycles. The van der Waals surface area contributed by atoms with E-state index >= 15 is 0 Å². The zero-order valence-corrected chi connectivity index (χ0v) is 18.5. The number of anilines is 2. The summed E-state index contributed by atoms with van der Waals surface area (Å²) in [7, 11) is 0. The summed E-state index contributed by atoms with van der Waals surface area (Å²) in [6.45, 7) is 1.95. The molecule has 1 amide bonds. The van der Waals surface area contributed by atoms with Crippen molar-refractivity contribution in [3.05, 3.63) is 47.7 Å². The van der Waals surface area contributed by atoms with Gasteiger partial charge < -0.3 is 14.4 Å². The fourth-order valence-electron chi connectivity index (χ4n) is 5.11. The van der Waals surface area contributed by atoms with Gasteiger partial charge in [-0.1, -0.05) is 6.07 Å². The van der Waals surface area contributed by atoms with E-state index in [4.69, 9.17) is 4.98 Å². The second-order valence-electron chi connectivity index (χ2n) is 9.19. The van der Waals surface area contributed by atoms with Crippen LogP contribution in [0.2, 0.25) is 0 Å². The Hall–Kier alpha value is -3.23. The largest absolute Gasteiger partial charge is 0.335 e. The molecule has 9 heteroatoms. The number of nitrogens with zero attached hydrogens (tertiary/aromatic N) is 6. The van der Waals surface area contributed by atoms with Crippen molar-refractivity contribution in [3.63, 3.8) is 0 Å². The van der Waals surface area contributed by atoms with Crippen molar-refractivity contribution in [1.82, 2.24) is 24.2 Å². The van der Waals surface area contributed by atoms with E-state index in [1.54, 1.807) is 6.92 Å². The summed E-state index contributed by atoms with van der Waals surface area (Å²) >= 11 is 0. The molecule has 7 nitrogen and oxygen atoms in total.